The Morgan fingerprint density at radius 3 is 2.42 bits per heavy atom. The van der Waals surface area contributed by atoms with Crippen LogP contribution in [0, 0.1) is 5.53 Å². The van der Waals surface area contributed by atoms with E-state index in [1.807, 2.05) is 0 Å². The molecule has 0 unspecified atom stereocenters. The summed E-state index contributed by atoms with van der Waals surface area (Å²) in [4.78, 5) is 13.7. The van der Waals surface area contributed by atoms with Crippen molar-refractivity contribution in [3.8, 4) is 0 Å². The number of ketones is 1. The third kappa shape index (κ3) is 1.84. The van der Waals surface area contributed by atoms with Gasteiger partial charge in [0.15, 0.2) is 16.6 Å². The van der Waals surface area contributed by atoms with Gasteiger partial charge >= 0.3 is 0 Å². The molecule has 0 heterocycles. The van der Waals surface area contributed by atoms with Gasteiger partial charge in [-0.25, -0.2) is 0 Å². The molecule has 0 saturated heterocycles. The van der Waals surface area contributed by atoms with Crippen molar-refractivity contribution in [3.05, 3.63) is 29.8 Å². The van der Waals surface area contributed by atoms with Crippen molar-refractivity contribution >= 4 is 11.5 Å². The molecule has 0 fully saturated rings. The van der Waals surface area contributed by atoms with E-state index >= 15 is 0 Å². The SMILES string of the molecule is CC(=O)c1ccc(N=[N+]=N)cc1. The minimum atomic E-state index is 0.0179. The van der Waals surface area contributed by atoms with Crippen LogP contribution in [0.5, 0.6) is 0 Å². The van der Waals surface area contributed by atoms with E-state index in [-0.39, 0.29) is 5.78 Å². The molecule has 1 aromatic rings. The highest BCUT2D eigenvalue weighted by Gasteiger charge is 1.99. The first-order chi connectivity index (χ1) is 5.74. The number of carbonyl (C=O) groups is 1. The Hall–Kier alpha value is -1.80. The predicted molar refractivity (Wildman–Crippen MR) is 43.4 cm³/mol. The Balaban J connectivity index is 3.00. The number of nitrogens with one attached hydrogen (secondary N) is 1. The van der Waals surface area contributed by atoms with Crippen molar-refractivity contribution in [1.29, 1.82) is 5.53 Å². The largest absolute Gasteiger partial charge is 0.295 e. The summed E-state index contributed by atoms with van der Waals surface area (Å²) >= 11 is 0. The maximum Gasteiger partial charge on any atom is 0.220 e. The molecule has 0 saturated carbocycles. The molecule has 0 bridgehead atoms. The van der Waals surface area contributed by atoms with Crippen LogP contribution in [-0.2, 0) is 0 Å². The number of benzene rings is 1. The van der Waals surface area contributed by atoms with Crippen molar-refractivity contribution in [1.82, 2.24) is 4.91 Å². The molecule has 0 amide bonds. The molecular formula is C8H8N3O+. The van der Waals surface area contributed by atoms with Crippen LogP contribution >= 0.6 is 0 Å². The summed E-state index contributed by atoms with van der Waals surface area (Å²) in [5, 5.41) is 3.49. The third-order valence-corrected chi connectivity index (χ3v) is 1.44. The maximum atomic E-state index is 10.8. The number of rotatable bonds is 2. The lowest BCUT2D eigenvalue weighted by Gasteiger charge is -1.91. The summed E-state index contributed by atoms with van der Waals surface area (Å²) in [5.41, 5.74) is 7.69. The monoisotopic (exact) mass is 162 g/mol. The molecule has 1 aromatic carbocycles. The van der Waals surface area contributed by atoms with E-state index < -0.39 is 0 Å². The Morgan fingerprint density at radius 2 is 2.00 bits per heavy atom. The molecule has 0 radical (unpaired) electrons. The predicted octanol–water partition coefficient (Wildman–Crippen LogP) is 2.07. The first-order valence-corrected chi connectivity index (χ1v) is 3.42. The van der Waals surface area contributed by atoms with Crippen LogP contribution in [0.3, 0.4) is 0 Å². The number of hydrogen-bond acceptors (Lipinski definition) is 3. The lowest BCUT2D eigenvalue weighted by atomic mass is 10.1. The van der Waals surface area contributed by atoms with E-state index in [2.05, 4.69) is 10.0 Å². The van der Waals surface area contributed by atoms with Crippen LogP contribution in [0.2, 0.25) is 0 Å². The fraction of sp³-hybridized carbons (Fsp3) is 0.125. The summed E-state index contributed by atoms with van der Waals surface area (Å²) < 4.78 is 0. The molecule has 0 spiro atoms. The third-order valence-electron chi connectivity index (χ3n) is 1.44. The minimum absolute atomic E-state index is 0.0179. The highest BCUT2D eigenvalue weighted by Crippen LogP contribution is 2.11. The Kier molecular flexibility index (Phi) is 2.46. The zero-order valence-electron chi connectivity index (χ0n) is 6.61. The smallest absolute Gasteiger partial charge is 0.220 e. The Bertz CT molecular complexity index is 315. The van der Waals surface area contributed by atoms with Gasteiger partial charge in [-0.1, -0.05) is 0 Å². The normalized spacial score (nSPS) is 8.75. The molecule has 4 heteroatoms. The molecule has 4 nitrogen and oxygen atoms in total. The number of nitrogens with zero attached hydrogens (tertiary/aromatic N) is 2. The second kappa shape index (κ2) is 3.55. The van der Waals surface area contributed by atoms with Crippen LogP contribution in [-0.4, -0.2) is 5.78 Å². The van der Waals surface area contributed by atoms with Crippen LogP contribution in [0.4, 0.5) is 5.69 Å². The molecule has 0 aromatic heterocycles. The Labute approximate surface area is 69.5 Å². The summed E-state index contributed by atoms with van der Waals surface area (Å²) in [5.74, 6) is 0.0179. The molecule has 0 aliphatic rings. The van der Waals surface area contributed by atoms with E-state index in [9.17, 15) is 4.79 Å². The van der Waals surface area contributed by atoms with Crippen molar-refractivity contribution in [2.75, 3.05) is 0 Å². The van der Waals surface area contributed by atoms with E-state index in [4.69, 9.17) is 5.53 Å². The van der Waals surface area contributed by atoms with Gasteiger partial charge in [0.1, 0.15) is 5.53 Å². The second-order valence-electron chi connectivity index (χ2n) is 2.30. The van der Waals surface area contributed by atoms with Gasteiger partial charge in [-0.05, 0) is 31.2 Å². The fourth-order valence-electron chi connectivity index (χ4n) is 0.821. The van der Waals surface area contributed by atoms with E-state index in [1.54, 1.807) is 24.3 Å². The molecule has 0 aliphatic heterocycles. The highest BCUT2D eigenvalue weighted by atomic mass is 16.1. The first-order valence-electron chi connectivity index (χ1n) is 3.42. The molecular weight excluding hydrogens is 154 g/mol. The molecule has 0 aliphatic carbocycles. The van der Waals surface area contributed by atoms with Crippen LogP contribution in [0.15, 0.2) is 29.4 Å². The fourth-order valence-corrected chi connectivity index (χ4v) is 0.821. The van der Waals surface area contributed by atoms with Gasteiger partial charge in [-0.15, -0.1) is 0 Å². The lowest BCUT2D eigenvalue weighted by molar-refractivity contribution is 0.101. The lowest BCUT2D eigenvalue weighted by Crippen LogP contribution is -1.89. The Morgan fingerprint density at radius 1 is 1.42 bits per heavy atom. The zero-order valence-corrected chi connectivity index (χ0v) is 6.61. The van der Waals surface area contributed by atoms with Gasteiger partial charge in [-0.2, -0.15) is 0 Å². The number of carbonyl (C=O) groups excluding carboxylic acids is 1. The van der Waals surface area contributed by atoms with E-state index in [0.717, 1.165) is 0 Å². The van der Waals surface area contributed by atoms with Gasteiger partial charge in [0.2, 0.25) is 4.91 Å². The topological polar surface area (TPSA) is 67.4 Å². The van der Waals surface area contributed by atoms with Crippen LogP contribution in [0.25, 0.3) is 0 Å². The summed E-state index contributed by atoms with van der Waals surface area (Å²) in [6.45, 7) is 1.50. The average Bonchev–Trinajstić information content (AvgIpc) is 2.06. The quantitative estimate of drug-likeness (QED) is 0.403. The number of hydrogen-bond donors (Lipinski definition) is 1. The molecule has 0 atom stereocenters. The number of Topliss-reactive ketones (excluding diaryl/α,β-unsaturated/α-hetero) is 1. The van der Waals surface area contributed by atoms with Crippen molar-refractivity contribution in [2.45, 2.75) is 6.92 Å². The van der Waals surface area contributed by atoms with Gasteiger partial charge in [0.05, 0.1) is 0 Å². The van der Waals surface area contributed by atoms with Crippen LogP contribution in [0.1, 0.15) is 17.3 Å². The van der Waals surface area contributed by atoms with Crippen LogP contribution < -0.4 is 4.91 Å². The summed E-state index contributed by atoms with van der Waals surface area (Å²) in [7, 11) is 0. The second-order valence-corrected chi connectivity index (χ2v) is 2.30. The van der Waals surface area contributed by atoms with Gasteiger partial charge in [-0.3, -0.25) is 4.79 Å². The highest BCUT2D eigenvalue weighted by molar-refractivity contribution is 5.94. The molecule has 1 N–H and O–H groups in total. The van der Waals surface area contributed by atoms with Gasteiger partial charge in [0, 0.05) is 5.56 Å². The average molecular weight is 162 g/mol. The zero-order chi connectivity index (χ0) is 8.97. The van der Waals surface area contributed by atoms with E-state index in [0.29, 0.717) is 11.3 Å². The summed E-state index contributed by atoms with van der Waals surface area (Å²) in [6, 6.07) is 6.61. The van der Waals surface area contributed by atoms with Crippen molar-refractivity contribution in [3.63, 3.8) is 0 Å². The summed E-state index contributed by atoms with van der Waals surface area (Å²) in [6.07, 6.45) is 0. The van der Waals surface area contributed by atoms with Crippen molar-refractivity contribution < 1.29 is 4.79 Å². The van der Waals surface area contributed by atoms with E-state index in [1.165, 1.54) is 6.92 Å². The molecule has 12 heavy (non-hydrogen) atoms. The standard InChI is InChI=1S/C8H8N3O/c1-6(12)7-2-4-8(5-3-7)10-11-9/h2-5,9H,1H3/q+1. The maximum absolute atomic E-state index is 10.8. The van der Waals surface area contributed by atoms with Gasteiger partial charge in [0.25, 0.3) is 0 Å². The molecule has 60 valence electrons. The molecule has 1 rings (SSSR count). The minimum Gasteiger partial charge on any atom is -0.295 e. The first kappa shape index (κ1) is 8.30. The van der Waals surface area contributed by atoms with Crippen molar-refractivity contribution in [2.24, 2.45) is 5.11 Å². The van der Waals surface area contributed by atoms with Gasteiger partial charge < -0.3 is 0 Å².